The van der Waals surface area contributed by atoms with E-state index in [2.05, 4.69) is 11.9 Å². The molecule has 1 heterocycles. The van der Waals surface area contributed by atoms with Crippen molar-refractivity contribution in [3.05, 3.63) is 70.3 Å². The second kappa shape index (κ2) is 7.09. The molecule has 1 aliphatic heterocycles. The number of hydrogen-bond acceptors (Lipinski definition) is 4. The van der Waals surface area contributed by atoms with E-state index in [1.165, 1.54) is 11.0 Å². The first kappa shape index (κ1) is 17.8. The van der Waals surface area contributed by atoms with E-state index >= 15 is 0 Å². The van der Waals surface area contributed by atoms with Crippen molar-refractivity contribution >= 4 is 23.4 Å². The van der Waals surface area contributed by atoms with Crippen molar-refractivity contribution in [1.29, 1.82) is 0 Å². The quantitative estimate of drug-likeness (QED) is 0.720. The number of benzene rings is 2. The highest BCUT2D eigenvalue weighted by Gasteiger charge is 2.29. The van der Waals surface area contributed by atoms with Crippen molar-refractivity contribution < 1.29 is 19.8 Å². The topological polar surface area (TPSA) is 89.9 Å². The number of phenols is 2. The zero-order valence-electron chi connectivity index (χ0n) is 13.8. The number of aromatic hydroxyl groups is 2. The molecule has 0 spiro atoms. The van der Waals surface area contributed by atoms with Crippen LogP contribution in [0.3, 0.4) is 0 Å². The summed E-state index contributed by atoms with van der Waals surface area (Å²) in [4.78, 5) is 26.6. The Morgan fingerprint density at radius 2 is 1.96 bits per heavy atom. The molecule has 0 bridgehead atoms. The Morgan fingerprint density at radius 3 is 2.69 bits per heavy atom. The van der Waals surface area contributed by atoms with E-state index in [4.69, 9.17) is 11.6 Å². The van der Waals surface area contributed by atoms with Crippen molar-refractivity contribution in [2.45, 2.75) is 13.1 Å². The van der Waals surface area contributed by atoms with Crippen LogP contribution in [0.2, 0.25) is 5.02 Å². The summed E-state index contributed by atoms with van der Waals surface area (Å²) < 4.78 is 0. The Balaban J connectivity index is 1.87. The van der Waals surface area contributed by atoms with E-state index in [0.717, 1.165) is 17.2 Å². The Hall–Kier alpha value is -2.99. The van der Waals surface area contributed by atoms with Crippen molar-refractivity contribution in [3.8, 4) is 11.5 Å². The summed E-state index contributed by atoms with van der Waals surface area (Å²) in [5.41, 5.74) is 2.15. The summed E-state index contributed by atoms with van der Waals surface area (Å²) in [6.07, 6.45) is 1.59. The number of nitrogens with one attached hydrogen (secondary N) is 1. The molecular formula is C19H17ClN2O4. The fourth-order valence-electron chi connectivity index (χ4n) is 2.93. The van der Waals surface area contributed by atoms with Gasteiger partial charge in [0.15, 0.2) is 0 Å². The molecule has 1 aliphatic rings. The SMILES string of the molecule is C=CCNC(=O)c1cccc2c1CN(C(=O)c1cc(Cl)c(O)cc1O)C2. The maximum Gasteiger partial charge on any atom is 0.258 e. The fraction of sp³-hybridized carbons (Fsp3) is 0.158. The minimum Gasteiger partial charge on any atom is -0.507 e. The first-order valence-electron chi connectivity index (χ1n) is 7.93. The third kappa shape index (κ3) is 3.23. The van der Waals surface area contributed by atoms with E-state index in [0.29, 0.717) is 18.7 Å². The summed E-state index contributed by atoms with van der Waals surface area (Å²) in [6.45, 7) is 4.48. The summed E-state index contributed by atoms with van der Waals surface area (Å²) in [5, 5.41) is 22.2. The number of carbonyl (C=O) groups is 2. The monoisotopic (exact) mass is 372 g/mol. The van der Waals surface area contributed by atoms with Gasteiger partial charge >= 0.3 is 0 Å². The lowest BCUT2D eigenvalue weighted by Crippen LogP contribution is -2.27. The zero-order valence-corrected chi connectivity index (χ0v) is 14.6. The molecule has 0 saturated heterocycles. The van der Waals surface area contributed by atoms with Gasteiger partial charge in [-0.1, -0.05) is 29.8 Å². The van der Waals surface area contributed by atoms with E-state index in [1.807, 2.05) is 6.07 Å². The van der Waals surface area contributed by atoms with Crippen LogP contribution in [-0.2, 0) is 13.1 Å². The molecule has 6 nitrogen and oxygen atoms in total. The van der Waals surface area contributed by atoms with Crippen molar-refractivity contribution in [1.82, 2.24) is 10.2 Å². The van der Waals surface area contributed by atoms with E-state index < -0.39 is 5.91 Å². The molecule has 0 atom stereocenters. The van der Waals surface area contributed by atoms with Crippen LogP contribution in [0.15, 0.2) is 43.0 Å². The molecule has 0 fully saturated rings. The van der Waals surface area contributed by atoms with Gasteiger partial charge in [0.25, 0.3) is 11.8 Å². The van der Waals surface area contributed by atoms with Crippen LogP contribution in [0.5, 0.6) is 11.5 Å². The number of halogens is 1. The number of phenolic OH excluding ortho intramolecular Hbond substituents is 2. The first-order chi connectivity index (χ1) is 12.4. The standard InChI is InChI=1S/C19H17ClN2O4/c1-2-6-21-18(25)12-5-3-4-11-9-22(10-14(11)12)19(26)13-7-15(20)17(24)8-16(13)23/h2-5,7-8,23-24H,1,6,9-10H2,(H,21,25). The van der Waals surface area contributed by atoms with E-state index in [9.17, 15) is 19.8 Å². The average molecular weight is 373 g/mol. The van der Waals surface area contributed by atoms with E-state index in [-0.39, 0.29) is 34.5 Å². The molecule has 2 amide bonds. The summed E-state index contributed by atoms with van der Waals surface area (Å²) >= 11 is 5.85. The van der Waals surface area contributed by atoms with Crippen LogP contribution in [0.25, 0.3) is 0 Å². The van der Waals surface area contributed by atoms with Crippen LogP contribution in [0.1, 0.15) is 31.8 Å². The normalized spacial score (nSPS) is 12.6. The molecule has 7 heteroatoms. The van der Waals surface area contributed by atoms with Crippen LogP contribution in [-0.4, -0.2) is 33.5 Å². The van der Waals surface area contributed by atoms with Gasteiger partial charge in [-0.05, 0) is 23.3 Å². The minimum absolute atomic E-state index is 0.00161. The maximum atomic E-state index is 12.8. The predicted octanol–water partition coefficient (Wildman–Crippen LogP) is 2.82. The molecule has 134 valence electrons. The number of carbonyl (C=O) groups excluding carboxylic acids is 2. The Labute approximate surface area is 155 Å². The molecule has 0 saturated carbocycles. The average Bonchev–Trinajstić information content (AvgIpc) is 3.06. The number of hydrogen-bond donors (Lipinski definition) is 3. The van der Waals surface area contributed by atoms with Crippen LogP contribution in [0.4, 0.5) is 0 Å². The highest BCUT2D eigenvalue weighted by atomic mass is 35.5. The summed E-state index contributed by atoms with van der Waals surface area (Å²) in [6, 6.07) is 7.60. The second-order valence-corrected chi connectivity index (χ2v) is 6.33. The van der Waals surface area contributed by atoms with Gasteiger partial charge in [0.2, 0.25) is 0 Å². The van der Waals surface area contributed by atoms with E-state index in [1.54, 1.807) is 18.2 Å². The van der Waals surface area contributed by atoms with Gasteiger partial charge in [0.05, 0.1) is 10.6 Å². The maximum absolute atomic E-state index is 12.8. The van der Waals surface area contributed by atoms with Gasteiger partial charge in [-0.3, -0.25) is 9.59 Å². The van der Waals surface area contributed by atoms with Gasteiger partial charge in [0, 0.05) is 31.3 Å². The highest BCUT2D eigenvalue weighted by Crippen LogP contribution is 2.34. The number of rotatable bonds is 4. The largest absolute Gasteiger partial charge is 0.507 e. The Morgan fingerprint density at radius 1 is 1.19 bits per heavy atom. The molecule has 0 aromatic heterocycles. The molecule has 0 radical (unpaired) electrons. The number of nitrogens with zero attached hydrogens (tertiary/aromatic N) is 1. The molecule has 3 N–H and O–H groups in total. The van der Waals surface area contributed by atoms with Crippen molar-refractivity contribution in [2.24, 2.45) is 0 Å². The number of amides is 2. The molecule has 3 rings (SSSR count). The van der Waals surface area contributed by atoms with Gasteiger partial charge in [-0.25, -0.2) is 0 Å². The summed E-state index contributed by atoms with van der Waals surface area (Å²) in [7, 11) is 0. The smallest absolute Gasteiger partial charge is 0.258 e. The van der Waals surface area contributed by atoms with Crippen LogP contribution in [0, 0.1) is 0 Å². The fourth-order valence-corrected chi connectivity index (χ4v) is 3.09. The highest BCUT2D eigenvalue weighted by molar-refractivity contribution is 6.32. The molecular weight excluding hydrogens is 356 g/mol. The third-order valence-electron chi connectivity index (χ3n) is 4.22. The Bertz CT molecular complexity index is 911. The first-order valence-corrected chi connectivity index (χ1v) is 8.30. The lowest BCUT2D eigenvalue weighted by Gasteiger charge is -2.17. The zero-order chi connectivity index (χ0) is 18.8. The lowest BCUT2D eigenvalue weighted by atomic mass is 10.0. The van der Waals surface area contributed by atoms with Crippen molar-refractivity contribution in [2.75, 3.05) is 6.54 Å². The van der Waals surface area contributed by atoms with Gasteiger partial charge < -0.3 is 20.4 Å². The minimum atomic E-state index is -0.432. The molecule has 26 heavy (non-hydrogen) atoms. The van der Waals surface area contributed by atoms with Gasteiger partial charge in [0.1, 0.15) is 11.5 Å². The van der Waals surface area contributed by atoms with Crippen molar-refractivity contribution in [3.63, 3.8) is 0 Å². The molecule has 2 aromatic carbocycles. The van der Waals surface area contributed by atoms with Gasteiger partial charge in [-0.2, -0.15) is 0 Å². The predicted molar refractivity (Wildman–Crippen MR) is 97.3 cm³/mol. The van der Waals surface area contributed by atoms with Crippen LogP contribution >= 0.6 is 11.6 Å². The van der Waals surface area contributed by atoms with Crippen LogP contribution < -0.4 is 5.32 Å². The molecule has 0 unspecified atom stereocenters. The number of fused-ring (bicyclic) bond motifs is 1. The second-order valence-electron chi connectivity index (χ2n) is 5.92. The molecule has 2 aromatic rings. The lowest BCUT2D eigenvalue weighted by molar-refractivity contribution is 0.0746. The Kier molecular flexibility index (Phi) is 4.86. The molecule has 0 aliphatic carbocycles. The van der Waals surface area contributed by atoms with Gasteiger partial charge in [-0.15, -0.1) is 6.58 Å². The summed E-state index contributed by atoms with van der Waals surface area (Å²) in [5.74, 6) is -1.31. The third-order valence-corrected chi connectivity index (χ3v) is 4.52.